The molecule has 0 heterocycles. The Kier molecular flexibility index (Phi) is 4.81. The molecule has 1 aromatic rings. The normalized spacial score (nSPS) is 13.7. The number of carboxylic acid groups (broad SMARTS) is 1. The summed E-state index contributed by atoms with van der Waals surface area (Å²) in [6.07, 6.45) is 0.471. The van der Waals surface area contributed by atoms with E-state index < -0.39 is 34.6 Å². The summed E-state index contributed by atoms with van der Waals surface area (Å²) < 4.78 is 27.9. The zero-order valence-corrected chi connectivity index (χ0v) is 11.6. The Morgan fingerprint density at radius 2 is 1.80 bits per heavy atom. The third-order valence-electron chi connectivity index (χ3n) is 3.23. The van der Waals surface area contributed by atoms with Gasteiger partial charge in [-0.2, -0.15) is 0 Å². The zero-order chi connectivity index (χ0) is 15.5. The maximum absolute atomic E-state index is 13.9. The van der Waals surface area contributed by atoms with Crippen molar-refractivity contribution >= 4 is 11.9 Å². The highest BCUT2D eigenvalue weighted by Crippen LogP contribution is 2.33. The molecule has 20 heavy (non-hydrogen) atoms. The molecule has 0 saturated heterocycles. The number of nitrogens with zero attached hydrogens (tertiary/aromatic N) is 1. The molecule has 0 aromatic heterocycles. The van der Waals surface area contributed by atoms with E-state index in [0.29, 0.717) is 6.42 Å². The Morgan fingerprint density at radius 3 is 2.15 bits per heavy atom. The van der Waals surface area contributed by atoms with E-state index in [-0.39, 0.29) is 6.54 Å². The summed E-state index contributed by atoms with van der Waals surface area (Å²) in [7, 11) is 0. The van der Waals surface area contributed by atoms with Gasteiger partial charge in [-0.15, -0.1) is 0 Å². The summed E-state index contributed by atoms with van der Waals surface area (Å²) in [4.78, 5) is 24.3. The first-order chi connectivity index (χ1) is 9.26. The third-order valence-corrected chi connectivity index (χ3v) is 3.23. The summed E-state index contributed by atoms with van der Waals surface area (Å²) in [5.41, 5.74) is -2.71. The van der Waals surface area contributed by atoms with Crippen LogP contribution < -0.4 is 0 Å². The van der Waals surface area contributed by atoms with Crippen LogP contribution in [-0.4, -0.2) is 28.4 Å². The van der Waals surface area contributed by atoms with E-state index in [1.54, 1.807) is 6.92 Å². The van der Waals surface area contributed by atoms with E-state index in [0.717, 1.165) is 30.0 Å². The lowest BCUT2D eigenvalue weighted by molar-refractivity contribution is -0.158. The molecule has 1 N–H and O–H groups in total. The van der Waals surface area contributed by atoms with E-state index >= 15 is 0 Å². The molecule has 110 valence electrons. The minimum atomic E-state index is -2.09. The van der Waals surface area contributed by atoms with Gasteiger partial charge in [0, 0.05) is 13.5 Å². The average Bonchev–Trinajstić information content (AvgIpc) is 2.34. The number of halogens is 2. The second-order valence-corrected chi connectivity index (χ2v) is 4.64. The van der Waals surface area contributed by atoms with Crippen LogP contribution in [0.15, 0.2) is 18.2 Å². The van der Waals surface area contributed by atoms with Crippen LogP contribution >= 0.6 is 0 Å². The minimum absolute atomic E-state index is 0.0892. The molecule has 1 unspecified atom stereocenters. The van der Waals surface area contributed by atoms with Crippen LogP contribution in [0.25, 0.3) is 0 Å². The number of carboxylic acids is 1. The first-order valence-electron chi connectivity index (χ1n) is 6.22. The number of hydrogen-bond donors (Lipinski definition) is 1. The molecule has 1 aromatic carbocycles. The van der Waals surface area contributed by atoms with Crippen molar-refractivity contribution in [2.24, 2.45) is 0 Å². The molecule has 0 fully saturated rings. The third kappa shape index (κ3) is 2.64. The number of carbonyl (C=O) groups excluding carboxylic acids is 1. The van der Waals surface area contributed by atoms with Crippen molar-refractivity contribution in [3.8, 4) is 0 Å². The van der Waals surface area contributed by atoms with Gasteiger partial charge in [0.1, 0.15) is 11.6 Å². The molecule has 0 aliphatic carbocycles. The molecule has 1 atom stereocenters. The lowest BCUT2D eigenvalue weighted by Gasteiger charge is -2.37. The highest BCUT2D eigenvalue weighted by atomic mass is 19.1. The molecule has 1 amide bonds. The van der Waals surface area contributed by atoms with Crippen LogP contribution in [0.5, 0.6) is 0 Å². The van der Waals surface area contributed by atoms with Crippen molar-refractivity contribution < 1.29 is 23.5 Å². The Labute approximate surface area is 116 Å². The number of amides is 1. The molecule has 0 saturated carbocycles. The molecule has 4 nitrogen and oxygen atoms in total. The smallest absolute Gasteiger partial charge is 0.334 e. The molecule has 1 rings (SSSR count). The van der Waals surface area contributed by atoms with Gasteiger partial charge in [-0.3, -0.25) is 4.79 Å². The Bertz CT molecular complexity index is 513. The first-order valence-corrected chi connectivity index (χ1v) is 6.22. The second kappa shape index (κ2) is 5.98. The maximum atomic E-state index is 13.9. The Balaban J connectivity index is 3.56. The fourth-order valence-corrected chi connectivity index (χ4v) is 2.24. The maximum Gasteiger partial charge on any atom is 0.334 e. The molecule has 0 aliphatic heterocycles. The van der Waals surface area contributed by atoms with Crippen LogP contribution in [0.1, 0.15) is 32.8 Å². The van der Waals surface area contributed by atoms with Crippen LogP contribution in [0.4, 0.5) is 8.78 Å². The fourth-order valence-electron chi connectivity index (χ4n) is 2.24. The molecule has 0 bridgehead atoms. The Morgan fingerprint density at radius 1 is 1.30 bits per heavy atom. The summed E-state index contributed by atoms with van der Waals surface area (Å²) in [6.45, 7) is 4.14. The van der Waals surface area contributed by atoms with Crippen LogP contribution in [0.2, 0.25) is 0 Å². The lowest BCUT2D eigenvalue weighted by Crippen LogP contribution is -2.53. The molecule has 0 spiro atoms. The van der Waals surface area contributed by atoms with Crippen molar-refractivity contribution in [2.75, 3.05) is 6.54 Å². The number of aliphatic carboxylic acids is 1. The average molecular weight is 285 g/mol. The predicted octanol–water partition coefficient (Wildman–Crippen LogP) is 2.52. The van der Waals surface area contributed by atoms with Gasteiger partial charge in [-0.1, -0.05) is 13.0 Å². The van der Waals surface area contributed by atoms with Gasteiger partial charge in [0.2, 0.25) is 5.91 Å². The van der Waals surface area contributed by atoms with E-state index in [1.165, 1.54) is 6.92 Å². The van der Waals surface area contributed by atoms with Gasteiger partial charge >= 0.3 is 5.97 Å². The first kappa shape index (κ1) is 16.1. The van der Waals surface area contributed by atoms with Gasteiger partial charge in [-0.25, -0.2) is 13.6 Å². The van der Waals surface area contributed by atoms with Crippen LogP contribution in [0, 0.1) is 11.6 Å². The van der Waals surface area contributed by atoms with Crippen molar-refractivity contribution in [2.45, 2.75) is 32.7 Å². The molecular formula is C14H17F2NO3. The summed E-state index contributed by atoms with van der Waals surface area (Å²) in [5, 5.41) is 9.45. The number of rotatable bonds is 5. The minimum Gasteiger partial charge on any atom is -0.479 e. The number of benzene rings is 1. The van der Waals surface area contributed by atoms with Crippen molar-refractivity contribution in [3.63, 3.8) is 0 Å². The van der Waals surface area contributed by atoms with Crippen molar-refractivity contribution in [1.82, 2.24) is 4.90 Å². The SMILES string of the molecule is CCCN(C(C)=O)C(C)(C(=O)O)c1c(F)cccc1F. The highest BCUT2D eigenvalue weighted by molar-refractivity contribution is 5.87. The standard InChI is InChI=1S/C14H17F2NO3/c1-4-8-17(9(2)18)14(3,13(19)20)12-10(15)6-5-7-11(12)16/h5-7H,4,8H2,1-3H3,(H,19,20). The van der Waals surface area contributed by atoms with Gasteiger partial charge < -0.3 is 10.0 Å². The van der Waals surface area contributed by atoms with Crippen molar-refractivity contribution in [1.29, 1.82) is 0 Å². The van der Waals surface area contributed by atoms with E-state index in [1.807, 2.05) is 0 Å². The van der Waals surface area contributed by atoms with Gasteiger partial charge in [-0.05, 0) is 25.5 Å². The van der Waals surface area contributed by atoms with Gasteiger partial charge in [0.25, 0.3) is 0 Å². The molecule has 0 aliphatic rings. The highest BCUT2D eigenvalue weighted by Gasteiger charge is 2.46. The van der Waals surface area contributed by atoms with Crippen LogP contribution in [-0.2, 0) is 15.1 Å². The van der Waals surface area contributed by atoms with Crippen LogP contribution in [0.3, 0.4) is 0 Å². The monoisotopic (exact) mass is 285 g/mol. The van der Waals surface area contributed by atoms with E-state index in [9.17, 15) is 23.5 Å². The molecule has 6 heteroatoms. The summed E-state index contributed by atoms with van der Waals surface area (Å²) in [6, 6.07) is 3.10. The predicted molar refractivity (Wildman–Crippen MR) is 69.0 cm³/mol. The number of carbonyl (C=O) groups is 2. The fraction of sp³-hybridized carbons (Fsp3) is 0.429. The largest absolute Gasteiger partial charge is 0.479 e. The molecular weight excluding hydrogens is 268 g/mol. The summed E-state index contributed by atoms with van der Waals surface area (Å²) in [5.74, 6) is -4.01. The quantitative estimate of drug-likeness (QED) is 0.904. The number of hydrogen-bond acceptors (Lipinski definition) is 2. The Hall–Kier alpha value is -1.98. The van der Waals surface area contributed by atoms with Gasteiger partial charge in [0.05, 0.1) is 5.56 Å². The van der Waals surface area contributed by atoms with E-state index in [2.05, 4.69) is 0 Å². The van der Waals surface area contributed by atoms with Gasteiger partial charge in [0.15, 0.2) is 5.54 Å². The summed E-state index contributed by atoms with van der Waals surface area (Å²) >= 11 is 0. The lowest BCUT2D eigenvalue weighted by atomic mass is 9.88. The van der Waals surface area contributed by atoms with Crippen molar-refractivity contribution in [3.05, 3.63) is 35.4 Å². The van der Waals surface area contributed by atoms with E-state index in [4.69, 9.17) is 0 Å². The zero-order valence-electron chi connectivity index (χ0n) is 11.6. The second-order valence-electron chi connectivity index (χ2n) is 4.64. The topological polar surface area (TPSA) is 57.6 Å². The molecule has 0 radical (unpaired) electrons.